The number of aromatic nitrogens is 1. The molecule has 3 heteroatoms. The quantitative estimate of drug-likeness (QED) is 0.189. The van der Waals surface area contributed by atoms with Gasteiger partial charge in [0.15, 0.2) is 11.8 Å². The first-order valence-electron chi connectivity index (χ1n) is 12.4. The van der Waals surface area contributed by atoms with Crippen molar-refractivity contribution in [3.63, 3.8) is 0 Å². The predicted octanol–water partition coefficient (Wildman–Crippen LogP) is 8.67. The van der Waals surface area contributed by atoms with Crippen LogP contribution in [0.15, 0.2) is 23.8 Å². The molecular weight excluding hydrogens is 358 g/mol. The highest BCUT2D eigenvalue weighted by Gasteiger charge is 2.19. The van der Waals surface area contributed by atoms with Gasteiger partial charge in [-0.15, -0.1) is 0 Å². The summed E-state index contributed by atoms with van der Waals surface area (Å²) in [5.74, 6) is 0.330. The largest absolute Gasteiger partial charge is 0.494 e. The lowest BCUT2D eigenvalue weighted by Crippen LogP contribution is -2.10. The summed E-state index contributed by atoms with van der Waals surface area (Å²) in [7, 11) is 0. The molecule has 1 aromatic heterocycles. The van der Waals surface area contributed by atoms with E-state index in [1.54, 1.807) is 16.7 Å². The fourth-order valence-corrected chi connectivity index (χ4v) is 4.17. The topological polar surface area (TPSA) is 45.4 Å². The van der Waals surface area contributed by atoms with Crippen LogP contribution < -0.4 is 0 Å². The van der Waals surface area contributed by atoms with Crippen molar-refractivity contribution in [3.05, 3.63) is 23.8 Å². The lowest BCUT2D eigenvalue weighted by Gasteiger charge is -2.22. The van der Waals surface area contributed by atoms with E-state index in [9.17, 15) is 10.2 Å². The number of aromatic hydroxyl groups is 2. The molecular formula is C26H47NO2. The molecule has 0 saturated heterocycles. The molecule has 3 nitrogen and oxygen atoms in total. The van der Waals surface area contributed by atoms with Crippen LogP contribution in [0.5, 0.6) is 11.8 Å². The Balaban J connectivity index is 2.43. The second-order valence-corrected chi connectivity index (χ2v) is 8.70. The Labute approximate surface area is 180 Å². The molecule has 1 unspecified atom stereocenters. The van der Waals surface area contributed by atoms with E-state index in [1.165, 1.54) is 89.0 Å². The van der Waals surface area contributed by atoms with E-state index in [4.69, 9.17) is 0 Å². The molecule has 0 aromatic carbocycles. The van der Waals surface area contributed by atoms with Crippen LogP contribution in [0, 0.1) is 0 Å². The summed E-state index contributed by atoms with van der Waals surface area (Å²) in [5, 5.41) is 20.5. The predicted molar refractivity (Wildman–Crippen MR) is 126 cm³/mol. The summed E-state index contributed by atoms with van der Waals surface area (Å²) in [5.41, 5.74) is 1.26. The van der Waals surface area contributed by atoms with Gasteiger partial charge in [0.25, 0.3) is 0 Å². The van der Waals surface area contributed by atoms with Gasteiger partial charge in [-0.2, -0.15) is 0 Å². The summed E-state index contributed by atoms with van der Waals surface area (Å²) in [6.07, 6.45) is 22.7. The fourth-order valence-electron chi connectivity index (χ4n) is 4.17. The second kappa shape index (κ2) is 16.4. The summed E-state index contributed by atoms with van der Waals surface area (Å²) >= 11 is 0. The van der Waals surface area contributed by atoms with E-state index < -0.39 is 0 Å². The van der Waals surface area contributed by atoms with Crippen molar-refractivity contribution >= 4 is 0 Å². The molecule has 1 aromatic rings. The van der Waals surface area contributed by atoms with Gasteiger partial charge in [0.05, 0.1) is 6.04 Å². The lowest BCUT2D eigenvalue weighted by atomic mass is 9.98. The Morgan fingerprint density at radius 2 is 1.21 bits per heavy atom. The third-order valence-electron chi connectivity index (χ3n) is 6.07. The number of hydrogen-bond acceptors (Lipinski definition) is 2. The average molecular weight is 406 g/mol. The average Bonchev–Trinajstić information content (AvgIpc) is 3.04. The van der Waals surface area contributed by atoms with Crippen molar-refractivity contribution in [1.29, 1.82) is 0 Å². The van der Waals surface area contributed by atoms with Crippen LogP contribution in [0.1, 0.15) is 130 Å². The summed E-state index contributed by atoms with van der Waals surface area (Å²) in [6.45, 7) is 6.66. The minimum Gasteiger partial charge on any atom is -0.494 e. The molecule has 168 valence electrons. The summed E-state index contributed by atoms with van der Waals surface area (Å²) in [4.78, 5) is 0. The lowest BCUT2D eigenvalue weighted by molar-refractivity contribution is 0.336. The standard InChI is InChI=1S/C26H47NO2/c1-4-6-8-10-11-12-13-14-16-18-20-24(27-25(28)21-22-26(27)29)23(3)19-17-15-9-7-5-2/h19,21-22,24,28-29H,4-18,20H2,1-3H3. The number of rotatable bonds is 18. The minimum atomic E-state index is 0.0604. The Morgan fingerprint density at radius 1 is 0.759 bits per heavy atom. The van der Waals surface area contributed by atoms with Gasteiger partial charge in [-0.05, 0) is 26.2 Å². The van der Waals surface area contributed by atoms with Crippen molar-refractivity contribution in [2.75, 3.05) is 0 Å². The van der Waals surface area contributed by atoms with Crippen LogP contribution in [-0.4, -0.2) is 14.8 Å². The summed E-state index contributed by atoms with van der Waals surface area (Å²) in [6, 6.07) is 3.25. The Hall–Kier alpha value is -1.38. The zero-order valence-electron chi connectivity index (χ0n) is 19.5. The molecule has 0 aliphatic heterocycles. The van der Waals surface area contributed by atoms with Crippen molar-refractivity contribution in [1.82, 2.24) is 4.57 Å². The highest BCUT2D eigenvalue weighted by atomic mass is 16.3. The van der Waals surface area contributed by atoms with Gasteiger partial charge in [-0.25, -0.2) is 0 Å². The van der Waals surface area contributed by atoms with Crippen LogP contribution in [0.2, 0.25) is 0 Å². The van der Waals surface area contributed by atoms with E-state index in [1.807, 2.05) is 0 Å². The van der Waals surface area contributed by atoms with Crippen molar-refractivity contribution in [2.45, 2.75) is 130 Å². The number of unbranched alkanes of at least 4 members (excludes halogenated alkanes) is 13. The number of hydrogen-bond donors (Lipinski definition) is 2. The molecule has 29 heavy (non-hydrogen) atoms. The van der Waals surface area contributed by atoms with E-state index >= 15 is 0 Å². The van der Waals surface area contributed by atoms with Gasteiger partial charge < -0.3 is 10.2 Å². The maximum Gasteiger partial charge on any atom is 0.194 e. The molecule has 0 aliphatic carbocycles. The van der Waals surface area contributed by atoms with Crippen LogP contribution >= 0.6 is 0 Å². The SMILES string of the molecule is CCCCCCC=C(C)C(CCCCCCCCCCCC)n1c(O)ccc1O. The van der Waals surface area contributed by atoms with Crippen molar-refractivity contribution in [3.8, 4) is 11.8 Å². The first-order chi connectivity index (χ1) is 14.1. The van der Waals surface area contributed by atoms with Gasteiger partial charge in [0.1, 0.15) is 0 Å². The fraction of sp³-hybridized carbons (Fsp3) is 0.769. The first kappa shape index (κ1) is 25.7. The maximum atomic E-state index is 10.2. The van der Waals surface area contributed by atoms with Crippen LogP contribution in [0.3, 0.4) is 0 Å². The Morgan fingerprint density at radius 3 is 1.72 bits per heavy atom. The highest BCUT2D eigenvalue weighted by molar-refractivity contribution is 5.28. The Bertz CT molecular complexity index is 527. The van der Waals surface area contributed by atoms with Crippen LogP contribution in [0.4, 0.5) is 0 Å². The molecule has 2 N–H and O–H groups in total. The Kier molecular flexibility index (Phi) is 14.5. The zero-order chi connectivity index (χ0) is 21.3. The van der Waals surface area contributed by atoms with Gasteiger partial charge in [0, 0.05) is 12.1 Å². The van der Waals surface area contributed by atoms with Crippen molar-refractivity contribution in [2.24, 2.45) is 0 Å². The molecule has 0 amide bonds. The zero-order valence-corrected chi connectivity index (χ0v) is 19.5. The molecule has 0 bridgehead atoms. The molecule has 0 fully saturated rings. The first-order valence-corrected chi connectivity index (χ1v) is 12.4. The number of allylic oxidation sites excluding steroid dienone is 2. The van der Waals surface area contributed by atoms with E-state index in [0.717, 1.165) is 19.3 Å². The maximum absolute atomic E-state index is 10.2. The molecule has 1 atom stereocenters. The van der Waals surface area contributed by atoms with Gasteiger partial charge in [-0.1, -0.05) is 109 Å². The molecule has 0 spiro atoms. The van der Waals surface area contributed by atoms with E-state index in [0.29, 0.717) is 0 Å². The minimum absolute atomic E-state index is 0.0604. The van der Waals surface area contributed by atoms with Crippen LogP contribution in [-0.2, 0) is 0 Å². The third kappa shape index (κ3) is 10.8. The second-order valence-electron chi connectivity index (χ2n) is 8.70. The monoisotopic (exact) mass is 405 g/mol. The van der Waals surface area contributed by atoms with Gasteiger partial charge >= 0.3 is 0 Å². The summed E-state index contributed by atoms with van der Waals surface area (Å²) < 4.78 is 1.70. The van der Waals surface area contributed by atoms with Crippen LogP contribution in [0.25, 0.3) is 0 Å². The molecule has 1 rings (SSSR count). The van der Waals surface area contributed by atoms with E-state index in [-0.39, 0.29) is 17.8 Å². The third-order valence-corrected chi connectivity index (χ3v) is 6.07. The number of nitrogens with zero attached hydrogens (tertiary/aromatic N) is 1. The van der Waals surface area contributed by atoms with Gasteiger partial charge in [-0.3, -0.25) is 4.57 Å². The van der Waals surface area contributed by atoms with Gasteiger partial charge in [0.2, 0.25) is 0 Å². The molecule has 0 radical (unpaired) electrons. The molecule has 0 saturated carbocycles. The highest BCUT2D eigenvalue weighted by Crippen LogP contribution is 2.34. The smallest absolute Gasteiger partial charge is 0.194 e. The molecule has 1 heterocycles. The molecule has 0 aliphatic rings. The normalized spacial score (nSPS) is 13.1. The van der Waals surface area contributed by atoms with E-state index in [2.05, 4.69) is 26.8 Å². The van der Waals surface area contributed by atoms with Crippen molar-refractivity contribution < 1.29 is 10.2 Å².